The minimum absolute atomic E-state index is 1.44. The van der Waals surface area contributed by atoms with Gasteiger partial charge in [0.05, 0.1) is 0 Å². The number of halogens is 12. The number of carboxylic acid groups (broad SMARTS) is 1. The smallest absolute Gasteiger partial charge is 0.426 e. The Hall–Kier alpha value is -1.74. The Labute approximate surface area is 128 Å². The first-order valence-electron chi connectivity index (χ1n) is 5.44. The number of carboxylic acids is 1. The monoisotopic (exact) mass is 403 g/mol. The molecule has 0 fully saturated rings. The number of carbonyl (C=O) groups is 1. The third-order valence-electron chi connectivity index (χ3n) is 2.51. The van der Waals surface area contributed by atoms with E-state index in [0.717, 1.165) is 0 Å². The molecule has 0 unspecified atom stereocenters. The fourth-order valence-electron chi connectivity index (χ4n) is 1.27. The normalized spacial score (nSPS) is 15.7. The van der Waals surface area contributed by atoms with Crippen molar-refractivity contribution in [3.8, 4) is 0 Å². The second-order valence-electron chi connectivity index (χ2n) is 4.40. The maximum Gasteiger partial charge on any atom is 0.426 e. The Morgan fingerprint density at radius 3 is 1.32 bits per heavy atom. The molecule has 0 aromatic carbocycles. The van der Waals surface area contributed by atoms with E-state index in [-0.39, 0.29) is 0 Å². The summed E-state index contributed by atoms with van der Waals surface area (Å²) in [5, 5.41) is 17.0. The van der Waals surface area contributed by atoms with Crippen LogP contribution in [0.1, 0.15) is 6.42 Å². The molecular formula is C9H5F12NO3. The third-order valence-corrected chi connectivity index (χ3v) is 2.51. The summed E-state index contributed by atoms with van der Waals surface area (Å²) in [6.45, 7) is 0. The molecule has 0 bridgehead atoms. The standard InChI is InChI=1S/C9H5F12NO3/c10-6(11,12)4(7(13,14)15)22-2(3(23)24)1-5(25,8(16,17)18)9(19,20)21/h4,25H,1H2,(H,23,24). The maximum atomic E-state index is 12.4. The highest BCUT2D eigenvalue weighted by Crippen LogP contribution is 2.46. The van der Waals surface area contributed by atoms with Gasteiger partial charge in [-0.3, -0.25) is 4.99 Å². The van der Waals surface area contributed by atoms with Gasteiger partial charge in [0, 0.05) is 6.42 Å². The highest BCUT2D eigenvalue weighted by Gasteiger charge is 2.71. The van der Waals surface area contributed by atoms with Gasteiger partial charge in [0.2, 0.25) is 6.04 Å². The van der Waals surface area contributed by atoms with Crippen LogP contribution in [0.2, 0.25) is 0 Å². The van der Waals surface area contributed by atoms with E-state index in [9.17, 15) is 57.5 Å². The van der Waals surface area contributed by atoms with Crippen molar-refractivity contribution in [2.45, 2.75) is 42.8 Å². The van der Waals surface area contributed by atoms with E-state index in [1.54, 1.807) is 0 Å². The fraction of sp³-hybridized carbons (Fsp3) is 0.778. The third kappa shape index (κ3) is 5.37. The number of alkyl halides is 12. The summed E-state index contributed by atoms with van der Waals surface area (Å²) in [5.41, 5.74) is -8.75. The quantitative estimate of drug-likeness (QED) is 0.560. The molecule has 0 aromatic rings. The predicted molar refractivity (Wildman–Crippen MR) is 52.6 cm³/mol. The van der Waals surface area contributed by atoms with E-state index in [0.29, 0.717) is 0 Å². The second-order valence-corrected chi connectivity index (χ2v) is 4.40. The predicted octanol–water partition coefficient (Wildman–Crippen LogP) is 3.25. The minimum atomic E-state index is -6.67. The van der Waals surface area contributed by atoms with Crippen LogP contribution in [0.25, 0.3) is 0 Å². The number of hydrogen-bond donors (Lipinski definition) is 2. The van der Waals surface area contributed by atoms with Gasteiger partial charge in [-0.25, -0.2) is 4.79 Å². The van der Waals surface area contributed by atoms with Gasteiger partial charge >= 0.3 is 30.7 Å². The van der Waals surface area contributed by atoms with Crippen LogP contribution in [0, 0.1) is 0 Å². The zero-order chi connectivity index (χ0) is 20.6. The lowest BCUT2D eigenvalue weighted by atomic mass is 9.94. The van der Waals surface area contributed by atoms with Crippen molar-refractivity contribution in [1.82, 2.24) is 0 Å². The van der Waals surface area contributed by atoms with Gasteiger partial charge in [-0.05, 0) is 0 Å². The van der Waals surface area contributed by atoms with Gasteiger partial charge in [0.1, 0.15) is 5.71 Å². The zero-order valence-corrected chi connectivity index (χ0v) is 11.1. The molecule has 2 N–H and O–H groups in total. The Kier molecular flexibility index (Phi) is 6.07. The van der Waals surface area contributed by atoms with Crippen LogP contribution in [0.3, 0.4) is 0 Å². The van der Waals surface area contributed by atoms with Crippen molar-refractivity contribution in [2.75, 3.05) is 0 Å². The number of aliphatic hydroxyl groups is 1. The molecule has 0 aromatic heterocycles. The van der Waals surface area contributed by atoms with Crippen molar-refractivity contribution in [3.63, 3.8) is 0 Å². The molecule has 16 heteroatoms. The lowest BCUT2D eigenvalue weighted by Crippen LogP contribution is -2.58. The zero-order valence-electron chi connectivity index (χ0n) is 11.1. The topological polar surface area (TPSA) is 69.9 Å². The van der Waals surface area contributed by atoms with Gasteiger partial charge in [-0.2, -0.15) is 52.7 Å². The molecule has 0 spiro atoms. The number of aliphatic carboxylic acids is 1. The SMILES string of the molecule is O=C(O)C(CC(O)(C(F)(F)F)C(F)(F)F)=NC(C(F)(F)F)C(F)(F)F. The van der Waals surface area contributed by atoms with E-state index in [2.05, 4.69) is 0 Å². The van der Waals surface area contributed by atoms with Crippen LogP contribution in [0.5, 0.6) is 0 Å². The Morgan fingerprint density at radius 2 is 1.12 bits per heavy atom. The molecule has 0 aliphatic heterocycles. The van der Waals surface area contributed by atoms with Gasteiger partial charge in [-0.1, -0.05) is 0 Å². The molecule has 0 atom stereocenters. The van der Waals surface area contributed by atoms with Gasteiger partial charge < -0.3 is 10.2 Å². The first-order chi connectivity index (χ1) is 10.6. The largest absolute Gasteiger partial charge is 0.477 e. The van der Waals surface area contributed by atoms with Gasteiger partial charge in [0.15, 0.2) is 0 Å². The maximum absolute atomic E-state index is 12.4. The van der Waals surface area contributed by atoms with Crippen molar-refractivity contribution in [2.24, 2.45) is 4.99 Å². The highest BCUT2D eigenvalue weighted by molar-refractivity contribution is 6.36. The second kappa shape index (κ2) is 6.53. The number of aliphatic imine (C=N–C) groups is 1. The molecule has 0 rings (SSSR count). The average Bonchev–Trinajstić information content (AvgIpc) is 2.27. The van der Waals surface area contributed by atoms with Crippen LogP contribution in [-0.4, -0.2) is 58.2 Å². The Morgan fingerprint density at radius 1 is 0.800 bits per heavy atom. The van der Waals surface area contributed by atoms with Crippen molar-refractivity contribution in [3.05, 3.63) is 0 Å². The van der Waals surface area contributed by atoms with Crippen LogP contribution < -0.4 is 0 Å². The molecule has 4 nitrogen and oxygen atoms in total. The summed E-state index contributed by atoms with van der Waals surface area (Å²) in [7, 11) is 0. The van der Waals surface area contributed by atoms with Crippen molar-refractivity contribution < 1.29 is 67.7 Å². The molecule has 148 valence electrons. The van der Waals surface area contributed by atoms with Crippen LogP contribution in [0.15, 0.2) is 4.99 Å². The molecule has 0 aliphatic carbocycles. The van der Waals surface area contributed by atoms with E-state index >= 15 is 0 Å². The molecule has 0 saturated carbocycles. The highest BCUT2D eigenvalue weighted by atomic mass is 19.4. The van der Waals surface area contributed by atoms with E-state index in [1.165, 1.54) is 4.99 Å². The average molecular weight is 403 g/mol. The van der Waals surface area contributed by atoms with Crippen LogP contribution >= 0.6 is 0 Å². The molecule has 0 heterocycles. The summed E-state index contributed by atoms with van der Waals surface area (Å²) in [5.74, 6) is -3.05. The number of nitrogens with zero attached hydrogens (tertiary/aromatic N) is 1. The van der Waals surface area contributed by atoms with Crippen molar-refractivity contribution >= 4 is 11.7 Å². The summed E-state index contributed by atoms with van der Waals surface area (Å²) < 4.78 is 147. The Bertz CT molecular complexity index is 498. The molecule has 0 saturated heterocycles. The summed E-state index contributed by atoms with van der Waals surface area (Å²) in [4.78, 5) is 11.9. The van der Waals surface area contributed by atoms with E-state index in [1.807, 2.05) is 0 Å². The number of rotatable bonds is 4. The molecular weight excluding hydrogens is 398 g/mol. The molecule has 0 amide bonds. The molecule has 0 radical (unpaired) electrons. The molecule has 0 aliphatic rings. The van der Waals surface area contributed by atoms with Crippen LogP contribution in [0.4, 0.5) is 52.7 Å². The Balaban J connectivity index is 6.29. The fourth-order valence-corrected chi connectivity index (χ4v) is 1.27. The van der Waals surface area contributed by atoms with E-state index < -0.39 is 54.4 Å². The lowest BCUT2D eigenvalue weighted by molar-refractivity contribution is -0.365. The number of hydrogen-bond acceptors (Lipinski definition) is 3. The van der Waals surface area contributed by atoms with Gasteiger partial charge in [0.25, 0.3) is 5.60 Å². The van der Waals surface area contributed by atoms with Crippen molar-refractivity contribution in [1.29, 1.82) is 0 Å². The van der Waals surface area contributed by atoms with E-state index in [4.69, 9.17) is 10.2 Å². The lowest BCUT2D eigenvalue weighted by Gasteiger charge is -2.32. The molecule has 25 heavy (non-hydrogen) atoms. The first kappa shape index (κ1) is 23.3. The minimum Gasteiger partial charge on any atom is -0.477 e. The first-order valence-corrected chi connectivity index (χ1v) is 5.44. The summed E-state index contributed by atoms with van der Waals surface area (Å²) in [6.07, 6.45) is -29.3. The summed E-state index contributed by atoms with van der Waals surface area (Å²) >= 11 is 0. The van der Waals surface area contributed by atoms with Gasteiger partial charge in [-0.15, -0.1) is 0 Å². The summed E-state index contributed by atoms with van der Waals surface area (Å²) in [6, 6.07) is -4.91. The van der Waals surface area contributed by atoms with Crippen LogP contribution in [-0.2, 0) is 4.79 Å².